The van der Waals surface area contributed by atoms with Crippen molar-refractivity contribution >= 4 is 22.8 Å². The molecule has 0 aliphatic rings. The van der Waals surface area contributed by atoms with Gasteiger partial charge in [0.15, 0.2) is 23.3 Å². The Morgan fingerprint density at radius 1 is 1.14 bits per heavy atom. The Labute approximate surface area is 163 Å². The third-order valence-corrected chi connectivity index (χ3v) is 4.71. The van der Waals surface area contributed by atoms with Crippen LogP contribution < -0.4 is 14.2 Å². The van der Waals surface area contributed by atoms with Crippen LogP contribution in [0.15, 0.2) is 29.6 Å². The predicted molar refractivity (Wildman–Crippen MR) is 99.3 cm³/mol. The number of halogens is 3. The van der Waals surface area contributed by atoms with Gasteiger partial charge in [0.2, 0.25) is 0 Å². The summed E-state index contributed by atoms with van der Waals surface area (Å²) in [4.78, 5) is 11.9. The molecule has 0 radical (unpaired) electrons. The molecule has 6 nitrogen and oxygen atoms in total. The number of aryl methyl sites for hydroxylation is 1. The first-order valence-electron chi connectivity index (χ1n) is 8.19. The molecule has 1 N–H and O–H groups in total. The molecule has 0 atom stereocenters. The van der Waals surface area contributed by atoms with Gasteiger partial charge in [-0.05, 0) is 19.1 Å². The largest absolute Gasteiger partial charge is 0.492 e. The van der Waals surface area contributed by atoms with Crippen LogP contribution in [0, 0.1) is 6.92 Å². The number of H-pyrrole nitrogens is 1. The van der Waals surface area contributed by atoms with Gasteiger partial charge in [-0.1, -0.05) is 11.8 Å². The molecule has 0 spiro atoms. The number of methoxy groups -OCH3 is 2. The van der Waals surface area contributed by atoms with E-state index in [-0.39, 0.29) is 5.75 Å². The van der Waals surface area contributed by atoms with E-state index in [4.69, 9.17) is 14.2 Å². The van der Waals surface area contributed by atoms with Crippen molar-refractivity contribution in [3.8, 4) is 17.2 Å². The second kappa shape index (κ2) is 8.17. The van der Waals surface area contributed by atoms with Crippen molar-refractivity contribution in [1.29, 1.82) is 0 Å². The molecular formula is C18H18F3N3O3S. The van der Waals surface area contributed by atoms with Crippen LogP contribution in [0.3, 0.4) is 0 Å². The highest BCUT2D eigenvalue weighted by Crippen LogP contribution is 2.36. The number of hydrogen-bond acceptors (Lipinski definition) is 6. The Kier molecular flexibility index (Phi) is 5.87. The van der Waals surface area contributed by atoms with Crippen molar-refractivity contribution in [3.05, 3.63) is 35.7 Å². The van der Waals surface area contributed by atoms with Gasteiger partial charge in [0, 0.05) is 23.6 Å². The van der Waals surface area contributed by atoms with Crippen LogP contribution in [-0.4, -0.2) is 42.0 Å². The molecule has 0 bridgehead atoms. The molecule has 2 heterocycles. The van der Waals surface area contributed by atoms with Crippen LogP contribution in [0.1, 0.15) is 11.3 Å². The molecule has 0 saturated carbocycles. The molecule has 0 unspecified atom stereocenters. The molecular weight excluding hydrogens is 395 g/mol. The Morgan fingerprint density at radius 2 is 1.89 bits per heavy atom. The van der Waals surface area contributed by atoms with E-state index in [2.05, 4.69) is 15.0 Å². The maximum Gasteiger partial charge on any atom is 0.422 e. The lowest BCUT2D eigenvalue weighted by molar-refractivity contribution is -0.153. The van der Waals surface area contributed by atoms with Crippen molar-refractivity contribution < 1.29 is 27.4 Å². The average molecular weight is 413 g/mol. The Hall–Kier alpha value is -2.62. The summed E-state index contributed by atoms with van der Waals surface area (Å²) in [5.41, 5.74) is 2.78. The molecule has 3 aromatic rings. The molecule has 10 heteroatoms. The molecule has 0 saturated heterocycles. The van der Waals surface area contributed by atoms with Crippen LogP contribution in [0.4, 0.5) is 13.2 Å². The van der Waals surface area contributed by atoms with Crippen LogP contribution in [0.25, 0.3) is 11.0 Å². The van der Waals surface area contributed by atoms with E-state index in [0.717, 1.165) is 5.56 Å². The fourth-order valence-corrected chi connectivity index (χ4v) is 3.42. The van der Waals surface area contributed by atoms with Crippen molar-refractivity contribution in [2.75, 3.05) is 20.8 Å². The minimum Gasteiger partial charge on any atom is -0.492 e. The SMILES string of the molecule is COc1c(C)cnc(CSc2nc3cc(OCC(F)(F)F)ccc3[nH]2)c1OC. The van der Waals surface area contributed by atoms with Gasteiger partial charge in [-0.3, -0.25) is 4.98 Å². The fourth-order valence-electron chi connectivity index (χ4n) is 2.59. The van der Waals surface area contributed by atoms with Gasteiger partial charge in [0.25, 0.3) is 0 Å². The molecule has 150 valence electrons. The summed E-state index contributed by atoms with van der Waals surface area (Å²) in [6.07, 6.45) is -2.68. The summed E-state index contributed by atoms with van der Waals surface area (Å²) in [5.74, 6) is 1.77. The third-order valence-electron chi connectivity index (χ3n) is 3.83. The molecule has 0 amide bonds. The number of nitrogens with zero attached hydrogens (tertiary/aromatic N) is 2. The lowest BCUT2D eigenvalue weighted by atomic mass is 10.2. The molecule has 0 aliphatic heterocycles. The van der Waals surface area contributed by atoms with Gasteiger partial charge in [-0.25, -0.2) is 4.98 Å². The quantitative estimate of drug-likeness (QED) is 0.575. The zero-order chi connectivity index (χ0) is 20.3. The highest BCUT2D eigenvalue weighted by Gasteiger charge is 2.28. The number of alkyl halides is 3. The number of ether oxygens (including phenoxy) is 3. The maximum absolute atomic E-state index is 12.3. The Bertz CT molecular complexity index is 976. The number of pyridine rings is 1. The van der Waals surface area contributed by atoms with E-state index in [1.807, 2.05) is 6.92 Å². The minimum absolute atomic E-state index is 0.111. The monoisotopic (exact) mass is 413 g/mol. The number of rotatable bonds is 7. The zero-order valence-electron chi connectivity index (χ0n) is 15.4. The number of thioether (sulfide) groups is 1. The maximum atomic E-state index is 12.3. The van der Waals surface area contributed by atoms with Crippen molar-refractivity contribution in [3.63, 3.8) is 0 Å². The summed E-state index contributed by atoms with van der Waals surface area (Å²) < 4.78 is 52.4. The third kappa shape index (κ3) is 4.61. The summed E-state index contributed by atoms with van der Waals surface area (Å²) in [5, 5.41) is 0.603. The van der Waals surface area contributed by atoms with Gasteiger partial charge in [0.1, 0.15) is 5.75 Å². The highest BCUT2D eigenvalue weighted by atomic mass is 32.2. The first-order chi connectivity index (χ1) is 13.3. The number of fused-ring (bicyclic) bond motifs is 1. The van der Waals surface area contributed by atoms with E-state index >= 15 is 0 Å². The first-order valence-corrected chi connectivity index (χ1v) is 9.18. The van der Waals surface area contributed by atoms with Crippen LogP contribution in [0.2, 0.25) is 0 Å². The molecule has 0 fully saturated rings. The lowest BCUT2D eigenvalue weighted by Gasteiger charge is -2.13. The topological polar surface area (TPSA) is 69.3 Å². The minimum atomic E-state index is -4.39. The van der Waals surface area contributed by atoms with Crippen molar-refractivity contribution in [2.24, 2.45) is 0 Å². The highest BCUT2D eigenvalue weighted by molar-refractivity contribution is 7.98. The van der Waals surface area contributed by atoms with Crippen molar-refractivity contribution in [1.82, 2.24) is 15.0 Å². The van der Waals surface area contributed by atoms with E-state index in [0.29, 0.717) is 39.1 Å². The number of benzene rings is 1. The van der Waals surface area contributed by atoms with Gasteiger partial charge >= 0.3 is 6.18 Å². The summed E-state index contributed by atoms with van der Waals surface area (Å²) in [6.45, 7) is 0.536. The van der Waals surface area contributed by atoms with Crippen LogP contribution >= 0.6 is 11.8 Å². The summed E-state index contributed by atoms with van der Waals surface area (Å²) in [7, 11) is 3.12. The molecule has 1 aromatic carbocycles. The molecule has 3 rings (SSSR count). The molecule has 2 aromatic heterocycles. The van der Waals surface area contributed by atoms with E-state index in [1.54, 1.807) is 26.5 Å². The standard InChI is InChI=1S/C18H18F3N3O3S/c1-10-7-22-14(16(26-3)15(10)25-2)8-28-17-23-12-5-4-11(6-13(12)24-17)27-9-18(19,20)21/h4-7H,8-9H2,1-3H3,(H,23,24). The number of hydrogen-bond donors (Lipinski definition) is 1. The van der Waals surface area contributed by atoms with E-state index in [9.17, 15) is 13.2 Å². The number of aromatic nitrogens is 3. The van der Waals surface area contributed by atoms with Gasteiger partial charge in [-0.2, -0.15) is 13.2 Å². The number of imidazole rings is 1. The fraction of sp³-hybridized carbons (Fsp3) is 0.333. The Morgan fingerprint density at radius 3 is 2.57 bits per heavy atom. The first kappa shape index (κ1) is 20.1. The summed E-state index contributed by atoms with van der Waals surface area (Å²) in [6, 6.07) is 4.57. The average Bonchev–Trinajstić information content (AvgIpc) is 3.06. The van der Waals surface area contributed by atoms with E-state index in [1.165, 1.54) is 23.9 Å². The van der Waals surface area contributed by atoms with E-state index < -0.39 is 12.8 Å². The van der Waals surface area contributed by atoms with Crippen LogP contribution in [-0.2, 0) is 5.75 Å². The second-order valence-electron chi connectivity index (χ2n) is 5.87. The van der Waals surface area contributed by atoms with Crippen molar-refractivity contribution in [2.45, 2.75) is 24.0 Å². The lowest BCUT2D eigenvalue weighted by Crippen LogP contribution is -2.19. The zero-order valence-corrected chi connectivity index (χ0v) is 16.2. The number of nitrogens with one attached hydrogen (secondary N) is 1. The van der Waals surface area contributed by atoms with Crippen LogP contribution in [0.5, 0.6) is 17.2 Å². The van der Waals surface area contributed by atoms with Gasteiger partial charge in [0.05, 0.1) is 30.9 Å². The predicted octanol–water partition coefficient (Wildman–Crippen LogP) is 4.52. The smallest absolute Gasteiger partial charge is 0.422 e. The normalized spacial score (nSPS) is 11.6. The summed E-state index contributed by atoms with van der Waals surface area (Å²) >= 11 is 1.39. The molecule has 0 aliphatic carbocycles. The van der Waals surface area contributed by atoms with Gasteiger partial charge in [-0.15, -0.1) is 0 Å². The second-order valence-corrected chi connectivity index (χ2v) is 6.83. The van der Waals surface area contributed by atoms with Gasteiger partial charge < -0.3 is 19.2 Å². The number of aromatic amines is 1. The molecule has 28 heavy (non-hydrogen) atoms. The Balaban J connectivity index is 1.75.